The van der Waals surface area contributed by atoms with E-state index >= 15 is 0 Å². The second-order valence-electron chi connectivity index (χ2n) is 7.78. The van der Waals surface area contributed by atoms with Gasteiger partial charge in [0.15, 0.2) is 0 Å². The molecule has 30 heavy (non-hydrogen) atoms. The summed E-state index contributed by atoms with van der Waals surface area (Å²) in [5, 5.41) is 3.99. The lowest BCUT2D eigenvalue weighted by Gasteiger charge is -2.31. The van der Waals surface area contributed by atoms with Gasteiger partial charge in [-0.05, 0) is 43.2 Å². The van der Waals surface area contributed by atoms with Gasteiger partial charge < -0.3 is 15.2 Å². The first kappa shape index (κ1) is 20.5. The third kappa shape index (κ3) is 4.54. The minimum Gasteiger partial charge on any atom is -0.361 e. The quantitative estimate of drug-likeness (QED) is 0.531. The van der Waals surface area contributed by atoms with E-state index in [9.17, 15) is 9.59 Å². The molecule has 1 aromatic heterocycles. The van der Waals surface area contributed by atoms with Crippen molar-refractivity contribution in [2.45, 2.75) is 43.0 Å². The van der Waals surface area contributed by atoms with Crippen molar-refractivity contribution in [2.75, 3.05) is 18.1 Å². The van der Waals surface area contributed by atoms with Gasteiger partial charge in [0, 0.05) is 35.1 Å². The summed E-state index contributed by atoms with van der Waals surface area (Å²) in [6, 6.07) is 15.6. The van der Waals surface area contributed by atoms with Crippen LogP contribution in [-0.2, 0) is 4.79 Å². The number of carbonyl (C=O) groups excluding carboxylic acids is 2. The predicted molar refractivity (Wildman–Crippen MR) is 123 cm³/mol. The fourth-order valence-electron chi connectivity index (χ4n) is 4.08. The maximum absolute atomic E-state index is 13.0. The molecule has 6 heteroatoms. The molecule has 0 unspecified atom stereocenters. The lowest BCUT2D eigenvalue weighted by Crippen LogP contribution is -2.39. The van der Waals surface area contributed by atoms with Crippen LogP contribution in [0.4, 0.5) is 5.69 Å². The molecule has 2 amide bonds. The molecule has 0 saturated heterocycles. The minimum atomic E-state index is -0.167. The van der Waals surface area contributed by atoms with Gasteiger partial charge in [0.1, 0.15) is 0 Å². The average Bonchev–Trinajstić information content (AvgIpc) is 3.27. The summed E-state index contributed by atoms with van der Waals surface area (Å²) in [6.07, 6.45) is 7.72. The number of amides is 2. The molecule has 0 radical (unpaired) electrons. The summed E-state index contributed by atoms with van der Waals surface area (Å²) in [7, 11) is 1.91. The number of benzene rings is 2. The highest BCUT2D eigenvalue weighted by Gasteiger charge is 2.22. The molecule has 0 spiro atoms. The van der Waals surface area contributed by atoms with Crippen LogP contribution in [-0.4, -0.2) is 40.5 Å². The number of fused-ring (bicyclic) bond motifs is 1. The zero-order chi connectivity index (χ0) is 20.9. The third-order valence-corrected chi connectivity index (χ3v) is 6.90. The van der Waals surface area contributed by atoms with Gasteiger partial charge in [0.2, 0.25) is 5.91 Å². The second kappa shape index (κ2) is 9.39. The topological polar surface area (TPSA) is 65.2 Å². The number of rotatable bonds is 6. The maximum atomic E-state index is 13.0. The van der Waals surface area contributed by atoms with E-state index in [0.29, 0.717) is 17.4 Å². The normalized spacial score (nSPS) is 14.6. The lowest BCUT2D eigenvalue weighted by molar-refractivity contribution is -0.129. The van der Waals surface area contributed by atoms with Gasteiger partial charge in [-0.25, -0.2) is 0 Å². The highest BCUT2D eigenvalue weighted by molar-refractivity contribution is 8.00. The fourth-order valence-corrected chi connectivity index (χ4v) is 5.05. The van der Waals surface area contributed by atoms with Gasteiger partial charge in [0.05, 0.1) is 17.0 Å². The Balaban J connectivity index is 1.43. The van der Waals surface area contributed by atoms with Crippen LogP contribution in [0.3, 0.4) is 0 Å². The molecule has 4 rings (SSSR count). The number of hydrogen-bond donors (Lipinski definition) is 2. The molecule has 0 atom stereocenters. The van der Waals surface area contributed by atoms with Crippen molar-refractivity contribution in [3.05, 3.63) is 60.3 Å². The van der Waals surface area contributed by atoms with Crippen molar-refractivity contribution in [2.24, 2.45) is 0 Å². The molecule has 1 aliphatic rings. The molecule has 3 aromatic rings. The van der Waals surface area contributed by atoms with Crippen molar-refractivity contribution in [3.63, 3.8) is 0 Å². The van der Waals surface area contributed by atoms with Gasteiger partial charge in [-0.15, -0.1) is 11.8 Å². The number of aromatic nitrogens is 1. The van der Waals surface area contributed by atoms with Crippen molar-refractivity contribution in [3.8, 4) is 0 Å². The van der Waals surface area contributed by atoms with Crippen LogP contribution in [0.25, 0.3) is 10.9 Å². The van der Waals surface area contributed by atoms with Gasteiger partial charge in [0.25, 0.3) is 5.91 Å². The Kier molecular flexibility index (Phi) is 6.43. The van der Waals surface area contributed by atoms with Gasteiger partial charge >= 0.3 is 0 Å². The van der Waals surface area contributed by atoms with Crippen LogP contribution in [0.5, 0.6) is 0 Å². The van der Waals surface area contributed by atoms with Crippen LogP contribution in [0.1, 0.15) is 42.5 Å². The number of carbonyl (C=O) groups is 2. The SMILES string of the molecule is CN(C(=O)CSc1ccccc1C(=O)Nc1cccc2[nH]ccc12)C1CCCCC1. The molecule has 0 bridgehead atoms. The van der Waals surface area contributed by atoms with E-state index in [2.05, 4.69) is 10.3 Å². The number of anilines is 1. The van der Waals surface area contributed by atoms with E-state index in [4.69, 9.17) is 0 Å². The summed E-state index contributed by atoms with van der Waals surface area (Å²) in [4.78, 5) is 31.6. The van der Waals surface area contributed by atoms with Crippen molar-refractivity contribution in [1.82, 2.24) is 9.88 Å². The number of aromatic amines is 1. The lowest BCUT2D eigenvalue weighted by atomic mass is 9.94. The minimum absolute atomic E-state index is 0.124. The Labute approximate surface area is 181 Å². The summed E-state index contributed by atoms with van der Waals surface area (Å²) >= 11 is 1.43. The van der Waals surface area contributed by atoms with Crippen LogP contribution in [0.2, 0.25) is 0 Å². The zero-order valence-corrected chi connectivity index (χ0v) is 18.0. The van der Waals surface area contributed by atoms with Gasteiger partial charge in [-0.3, -0.25) is 9.59 Å². The van der Waals surface area contributed by atoms with Crippen LogP contribution in [0.15, 0.2) is 59.6 Å². The molecule has 1 fully saturated rings. The third-order valence-electron chi connectivity index (χ3n) is 5.84. The van der Waals surface area contributed by atoms with Gasteiger partial charge in [-0.1, -0.05) is 37.5 Å². The molecule has 156 valence electrons. The number of nitrogens with one attached hydrogen (secondary N) is 2. The first-order chi connectivity index (χ1) is 14.6. The Hall–Kier alpha value is -2.73. The highest BCUT2D eigenvalue weighted by atomic mass is 32.2. The summed E-state index contributed by atoms with van der Waals surface area (Å²) in [5.41, 5.74) is 2.33. The van der Waals surface area contributed by atoms with E-state index < -0.39 is 0 Å². The largest absolute Gasteiger partial charge is 0.361 e. The molecule has 2 N–H and O–H groups in total. The molecular formula is C24H27N3O2S. The van der Waals surface area contributed by atoms with Crippen molar-refractivity contribution < 1.29 is 9.59 Å². The number of hydrogen-bond acceptors (Lipinski definition) is 3. The molecule has 1 saturated carbocycles. The molecule has 0 aliphatic heterocycles. The Bertz CT molecular complexity index is 1040. The molecular weight excluding hydrogens is 394 g/mol. The van der Waals surface area contributed by atoms with Crippen LogP contribution < -0.4 is 5.32 Å². The van der Waals surface area contributed by atoms with E-state index in [0.717, 1.165) is 34.3 Å². The van der Waals surface area contributed by atoms with E-state index in [-0.39, 0.29) is 11.8 Å². The number of nitrogens with zero attached hydrogens (tertiary/aromatic N) is 1. The number of H-pyrrole nitrogens is 1. The van der Waals surface area contributed by atoms with Crippen LogP contribution >= 0.6 is 11.8 Å². The monoisotopic (exact) mass is 421 g/mol. The van der Waals surface area contributed by atoms with Gasteiger partial charge in [-0.2, -0.15) is 0 Å². The summed E-state index contributed by atoms with van der Waals surface area (Å²) < 4.78 is 0. The predicted octanol–water partition coefficient (Wildman–Crippen LogP) is 5.30. The average molecular weight is 422 g/mol. The Morgan fingerprint density at radius 2 is 1.87 bits per heavy atom. The van der Waals surface area contributed by atoms with E-state index in [1.807, 2.05) is 66.7 Å². The molecule has 2 aromatic carbocycles. The second-order valence-corrected chi connectivity index (χ2v) is 8.80. The molecule has 5 nitrogen and oxygen atoms in total. The standard InChI is InChI=1S/C24H27N3O2S/c1-27(17-8-3-2-4-9-17)23(28)16-30-22-13-6-5-10-19(22)24(29)26-21-12-7-11-20-18(21)14-15-25-20/h5-7,10-15,17,25H,2-4,8-9,16H2,1H3,(H,26,29). The zero-order valence-electron chi connectivity index (χ0n) is 17.2. The van der Waals surface area contributed by atoms with E-state index in [1.165, 1.54) is 31.0 Å². The van der Waals surface area contributed by atoms with Crippen LogP contribution in [0, 0.1) is 0 Å². The fraction of sp³-hybridized carbons (Fsp3) is 0.333. The first-order valence-electron chi connectivity index (χ1n) is 10.5. The Morgan fingerprint density at radius 3 is 2.70 bits per heavy atom. The van der Waals surface area contributed by atoms with E-state index in [1.54, 1.807) is 0 Å². The Morgan fingerprint density at radius 1 is 1.07 bits per heavy atom. The molecule has 1 heterocycles. The van der Waals surface area contributed by atoms with Crippen molar-refractivity contribution >= 4 is 40.2 Å². The smallest absolute Gasteiger partial charge is 0.256 e. The highest BCUT2D eigenvalue weighted by Crippen LogP contribution is 2.28. The molecule has 1 aliphatic carbocycles. The van der Waals surface area contributed by atoms with Crippen molar-refractivity contribution in [1.29, 1.82) is 0 Å². The summed E-state index contributed by atoms with van der Waals surface area (Å²) in [6.45, 7) is 0. The maximum Gasteiger partial charge on any atom is 0.256 e. The number of thioether (sulfide) groups is 1. The first-order valence-corrected chi connectivity index (χ1v) is 11.5. The summed E-state index contributed by atoms with van der Waals surface area (Å²) in [5.74, 6) is 0.295.